The van der Waals surface area contributed by atoms with Gasteiger partial charge in [-0.1, -0.05) is 24.8 Å². The molecular weight excluding hydrogens is 836 g/mol. The van der Waals surface area contributed by atoms with Crippen molar-refractivity contribution in [2.24, 2.45) is 18.9 Å². The SMILES string of the molecule is C=C1NC(=O)CCC1c1nn(C)c2cc(C3CCN(CC4CCN(c5ncc(Cl)c(Nc6ccc7c(c6)C6=C(OCC(F)(F)C(C8CC8)N6)C(=C)N7C)n5)CC4F)CC3)c(F)cc12. The summed E-state index contributed by atoms with van der Waals surface area (Å²) in [6.45, 7) is 10.2. The van der Waals surface area contributed by atoms with Crippen molar-refractivity contribution in [2.75, 3.05) is 61.5 Å². The van der Waals surface area contributed by atoms with Crippen molar-refractivity contribution in [1.29, 1.82) is 0 Å². The van der Waals surface area contributed by atoms with E-state index in [9.17, 15) is 4.79 Å². The lowest BCUT2D eigenvalue weighted by atomic mass is 9.86. The predicted octanol–water partition coefficient (Wildman–Crippen LogP) is 8.12. The topological polar surface area (TPSA) is 116 Å². The van der Waals surface area contributed by atoms with Crippen molar-refractivity contribution in [3.63, 3.8) is 0 Å². The van der Waals surface area contributed by atoms with E-state index in [0.717, 1.165) is 61.1 Å². The molecule has 4 aromatic rings. The van der Waals surface area contributed by atoms with Crippen molar-refractivity contribution in [1.82, 2.24) is 35.3 Å². The highest BCUT2D eigenvalue weighted by Gasteiger charge is 2.52. The third-order valence-electron chi connectivity index (χ3n) is 14.0. The number of fused-ring (bicyclic) bond motifs is 3. The summed E-state index contributed by atoms with van der Waals surface area (Å²) in [6.07, 6.45) is 4.95. The quantitative estimate of drug-likeness (QED) is 0.150. The maximum atomic E-state index is 16.0. The van der Waals surface area contributed by atoms with Crippen molar-refractivity contribution >= 4 is 57.2 Å². The van der Waals surface area contributed by atoms with Crippen LogP contribution in [0.15, 0.2) is 66.8 Å². The number of alkyl halides is 3. The van der Waals surface area contributed by atoms with Gasteiger partial charge in [-0.15, -0.1) is 0 Å². The lowest BCUT2D eigenvalue weighted by molar-refractivity contribution is -0.121. The number of nitrogens with zero attached hydrogens (tertiary/aromatic N) is 7. The zero-order valence-corrected chi connectivity index (χ0v) is 36.1. The Bertz CT molecular complexity index is 2550. The van der Waals surface area contributed by atoms with Gasteiger partial charge in [0.15, 0.2) is 18.2 Å². The summed E-state index contributed by atoms with van der Waals surface area (Å²) >= 11 is 6.62. The van der Waals surface area contributed by atoms with Crippen molar-refractivity contribution in [3.8, 4) is 0 Å². The number of amides is 1. The minimum Gasteiger partial charge on any atom is -0.483 e. The van der Waals surface area contributed by atoms with E-state index in [1.165, 1.54) is 6.20 Å². The number of allylic oxidation sites excluding steroid dienone is 1. The van der Waals surface area contributed by atoms with E-state index in [1.807, 2.05) is 48.2 Å². The smallest absolute Gasteiger partial charge is 0.301 e. The molecule has 0 spiro atoms. The van der Waals surface area contributed by atoms with Gasteiger partial charge in [-0.05, 0) is 99.3 Å². The normalized spacial score (nSPS) is 25.6. The number of likely N-dealkylation sites (N-methyl/N-ethyl adjacent to an activating group) is 1. The van der Waals surface area contributed by atoms with Crippen LogP contribution in [-0.2, 0) is 16.6 Å². The molecule has 1 aliphatic carbocycles. The Labute approximate surface area is 368 Å². The van der Waals surface area contributed by atoms with Gasteiger partial charge in [0.2, 0.25) is 11.9 Å². The minimum absolute atomic E-state index is 0.0354. The van der Waals surface area contributed by atoms with Crippen LogP contribution >= 0.6 is 11.6 Å². The van der Waals surface area contributed by atoms with E-state index >= 15 is 17.6 Å². The molecule has 4 atom stereocenters. The Morgan fingerprint density at radius 1 is 1.05 bits per heavy atom. The highest BCUT2D eigenvalue weighted by Crippen LogP contribution is 2.47. The van der Waals surface area contributed by atoms with Crippen LogP contribution in [0.4, 0.5) is 40.7 Å². The summed E-state index contributed by atoms with van der Waals surface area (Å²) in [4.78, 5) is 27.0. The molecule has 12 nitrogen and oxygen atoms in total. The average molecular weight is 887 g/mol. The second kappa shape index (κ2) is 16.0. The number of aromatic nitrogens is 4. The molecule has 1 amide bonds. The molecule has 7 heterocycles. The molecule has 6 aliphatic rings. The van der Waals surface area contributed by atoms with Crippen LogP contribution in [0.25, 0.3) is 16.6 Å². The molecule has 4 unspecified atom stereocenters. The van der Waals surface area contributed by atoms with Crippen LogP contribution in [0.5, 0.6) is 0 Å². The molecule has 2 aromatic carbocycles. The Hall–Kier alpha value is -5.35. The molecule has 2 aromatic heterocycles. The number of piperidine rings is 3. The number of aryl methyl sites for hydroxylation is 1. The fourth-order valence-corrected chi connectivity index (χ4v) is 10.3. The molecule has 3 N–H and O–H groups in total. The number of halogens is 5. The molecule has 4 fully saturated rings. The van der Waals surface area contributed by atoms with Crippen LogP contribution in [0.1, 0.15) is 73.6 Å². The summed E-state index contributed by atoms with van der Waals surface area (Å²) in [5.74, 6) is -2.82. The Kier molecular flexibility index (Phi) is 10.6. The van der Waals surface area contributed by atoms with Gasteiger partial charge in [-0.25, -0.2) is 22.5 Å². The number of anilines is 4. The Balaban J connectivity index is 0.774. The van der Waals surface area contributed by atoms with Gasteiger partial charge in [0.05, 0.1) is 47.1 Å². The fraction of sp³-hybridized carbons (Fsp3) is 0.478. The lowest BCUT2D eigenvalue weighted by Gasteiger charge is -2.39. The van der Waals surface area contributed by atoms with Crippen molar-refractivity contribution < 1.29 is 27.1 Å². The van der Waals surface area contributed by atoms with Crippen molar-refractivity contribution in [3.05, 3.63) is 94.5 Å². The number of nitrogens with one attached hydrogen (secondary N) is 3. The molecule has 0 bridgehead atoms. The first kappa shape index (κ1) is 41.6. The molecule has 63 heavy (non-hydrogen) atoms. The predicted molar refractivity (Wildman–Crippen MR) is 235 cm³/mol. The first-order chi connectivity index (χ1) is 30.2. The molecule has 332 valence electrons. The number of rotatable bonds is 8. The maximum Gasteiger partial charge on any atom is 0.301 e. The lowest BCUT2D eigenvalue weighted by Crippen LogP contribution is -2.47. The third kappa shape index (κ3) is 7.76. The molecule has 1 saturated carbocycles. The highest BCUT2D eigenvalue weighted by molar-refractivity contribution is 6.32. The molecule has 5 aliphatic heterocycles. The fourth-order valence-electron chi connectivity index (χ4n) is 10.2. The van der Waals surface area contributed by atoms with Gasteiger partial charge in [-0.2, -0.15) is 10.1 Å². The summed E-state index contributed by atoms with van der Waals surface area (Å²) in [6, 6.07) is 8.05. The molecular formula is C46H51ClF4N10O2. The average Bonchev–Trinajstić information content (AvgIpc) is 4.07. The first-order valence-corrected chi connectivity index (χ1v) is 22.2. The van der Waals surface area contributed by atoms with Gasteiger partial charge in [0, 0.05) is 67.8 Å². The number of hydrogen-bond donors (Lipinski definition) is 3. The third-order valence-corrected chi connectivity index (χ3v) is 14.2. The molecule has 0 radical (unpaired) electrons. The van der Waals surface area contributed by atoms with Crippen LogP contribution in [0.2, 0.25) is 5.02 Å². The number of carbonyl (C=O) groups is 1. The van der Waals surface area contributed by atoms with Crippen LogP contribution in [-0.4, -0.2) is 95.1 Å². The van der Waals surface area contributed by atoms with Crippen molar-refractivity contribution in [2.45, 2.75) is 74.9 Å². The van der Waals surface area contributed by atoms with Gasteiger partial charge < -0.3 is 35.4 Å². The van der Waals surface area contributed by atoms with E-state index in [1.54, 1.807) is 10.7 Å². The second-order valence-corrected chi connectivity index (χ2v) is 18.5. The Morgan fingerprint density at radius 2 is 1.84 bits per heavy atom. The molecule has 3 saturated heterocycles. The highest BCUT2D eigenvalue weighted by atomic mass is 35.5. The molecule has 17 heteroatoms. The van der Waals surface area contributed by atoms with E-state index < -0.39 is 24.7 Å². The Morgan fingerprint density at radius 3 is 2.59 bits per heavy atom. The first-order valence-electron chi connectivity index (χ1n) is 21.9. The van der Waals surface area contributed by atoms with E-state index in [-0.39, 0.29) is 47.0 Å². The second-order valence-electron chi connectivity index (χ2n) is 18.1. The zero-order chi connectivity index (χ0) is 43.9. The van der Waals surface area contributed by atoms with Crippen LogP contribution < -0.4 is 25.8 Å². The maximum absolute atomic E-state index is 16.0. The monoisotopic (exact) mass is 886 g/mol. The van der Waals surface area contributed by atoms with Crippen LogP contribution in [0.3, 0.4) is 0 Å². The number of hydrogen-bond acceptors (Lipinski definition) is 10. The van der Waals surface area contributed by atoms with Gasteiger partial charge in [-0.3, -0.25) is 9.48 Å². The van der Waals surface area contributed by atoms with E-state index in [4.69, 9.17) is 26.4 Å². The van der Waals surface area contributed by atoms with E-state index in [0.29, 0.717) is 83.8 Å². The van der Waals surface area contributed by atoms with Gasteiger partial charge in [0.1, 0.15) is 17.0 Å². The summed E-state index contributed by atoms with van der Waals surface area (Å²) < 4.78 is 69.9. The standard InChI is InChI=1S/C46H51ClF4N10O2/c1-24-30(8-10-39(62)53-24)40-33-18-35(48)31(19-38(33)59(4)57-40)26-11-14-60(15-12-26)21-28-13-16-61(22-36(28)49)45-52-20-34(47)44(56-45)54-29-7-9-37-32(17-29)41-42(25(2)58(37)3)63-23-46(50,51)43(55-41)27-5-6-27/h7,9,17-20,26-28,30,36,43,55H,1-2,5-6,8,10-16,21-23H2,3-4H3,(H,53,62)(H,52,54,56). The largest absolute Gasteiger partial charge is 0.483 e. The minimum atomic E-state index is -3.05. The number of likely N-dealkylation sites (tertiary alicyclic amines) is 1. The number of carbonyl (C=O) groups excluding carboxylic acids is 1. The summed E-state index contributed by atoms with van der Waals surface area (Å²) in [5, 5.41) is 15.0. The van der Waals surface area contributed by atoms with Gasteiger partial charge in [0.25, 0.3) is 0 Å². The van der Waals surface area contributed by atoms with Crippen LogP contribution in [0, 0.1) is 17.7 Å². The number of ether oxygens (including phenoxy) is 1. The molecule has 10 rings (SSSR count). The zero-order valence-electron chi connectivity index (χ0n) is 35.4. The summed E-state index contributed by atoms with van der Waals surface area (Å²) in [5.41, 5.74) is 5.91. The summed E-state index contributed by atoms with van der Waals surface area (Å²) in [7, 11) is 3.68. The van der Waals surface area contributed by atoms with Gasteiger partial charge >= 0.3 is 5.92 Å². The van der Waals surface area contributed by atoms with E-state index in [2.05, 4.69) is 39.0 Å². The number of benzene rings is 2.